The summed E-state index contributed by atoms with van der Waals surface area (Å²) in [6.07, 6.45) is 3.53. The molecule has 0 unspecified atom stereocenters. The van der Waals surface area contributed by atoms with Gasteiger partial charge in [0.2, 0.25) is 5.91 Å². The third-order valence-corrected chi connectivity index (χ3v) is 6.19. The number of hydrogen-bond donors (Lipinski definition) is 4. The van der Waals surface area contributed by atoms with Gasteiger partial charge in [0, 0.05) is 36.2 Å². The van der Waals surface area contributed by atoms with Gasteiger partial charge in [0.15, 0.2) is 11.5 Å². The van der Waals surface area contributed by atoms with Gasteiger partial charge in [-0.25, -0.2) is 0 Å². The quantitative estimate of drug-likeness (QED) is 0.249. The van der Waals surface area contributed by atoms with Crippen LogP contribution in [0.4, 0.5) is 5.69 Å². The molecule has 0 aromatic heterocycles. The largest absolute Gasteiger partial charge is 0.493 e. The van der Waals surface area contributed by atoms with E-state index < -0.39 is 0 Å². The van der Waals surface area contributed by atoms with Crippen LogP contribution >= 0.6 is 12.6 Å². The first-order valence-corrected chi connectivity index (χ1v) is 12.4. The van der Waals surface area contributed by atoms with Crippen LogP contribution in [0.3, 0.4) is 0 Å². The summed E-state index contributed by atoms with van der Waals surface area (Å²) < 4.78 is 16.3. The number of hydrogen-bond acceptors (Lipinski definition) is 7. The lowest BCUT2D eigenvalue weighted by Gasteiger charge is -2.12. The van der Waals surface area contributed by atoms with E-state index >= 15 is 0 Å². The molecule has 2 aromatic rings. The fourth-order valence-electron chi connectivity index (χ4n) is 3.89. The van der Waals surface area contributed by atoms with Gasteiger partial charge in [-0.3, -0.25) is 9.59 Å². The molecule has 0 bridgehead atoms. The van der Waals surface area contributed by atoms with Crippen molar-refractivity contribution in [3.05, 3.63) is 53.6 Å². The number of ether oxygens (including phenoxy) is 3. The zero-order chi connectivity index (χ0) is 25.0. The number of aryl methyl sites for hydroxylation is 1. The van der Waals surface area contributed by atoms with Crippen molar-refractivity contribution in [3.8, 4) is 11.5 Å². The van der Waals surface area contributed by atoms with E-state index in [1.165, 1.54) is 5.56 Å². The SMILES string of the molecule is COc1ccc(CCCCOCCNC(=O)c2cccc(NC(=O)[C@@H]3C[C@H](S)CN3)c2)cc1OC. The average molecular weight is 502 g/mol. The van der Waals surface area contributed by atoms with Crippen molar-refractivity contribution in [1.29, 1.82) is 0 Å². The van der Waals surface area contributed by atoms with Gasteiger partial charge >= 0.3 is 0 Å². The molecule has 2 atom stereocenters. The van der Waals surface area contributed by atoms with Crippen molar-refractivity contribution in [1.82, 2.24) is 10.6 Å². The summed E-state index contributed by atoms with van der Waals surface area (Å²) in [4.78, 5) is 24.8. The zero-order valence-corrected chi connectivity index (χ0v) is 21.2. The molecule has 1 aliphatic heterocycles. The van der Waals surface area contributed by atoms with E-state index in [0.717, 1.165) is 30.8 Å². The first-order valence-electron chi connectivity index (χ1n) is 11.9. The Labute approximate surface area is 212 Å². The van der Waals surface area contributed by atoms with Crippen molar-refractivity contribution < 1.29 is 23.8 Å². The first-order chi connectivity index (χ1) is 17.0. The predicted molar refractivity (Wildman–Crippen MR) is 140 cm³/mol. The van der Waals surface area contributed by atoms with Crippen LogP contribution in [0.2, 0.25) is 0 Å². The molecule has 190 valence electrons. The maximum absolute atomic E-state index is 12.5. The highest BCUT2D eigenvalue weighted by Gasteiger charge is 2.27. The number of methoxy groups -OCH3 is 2. The number of amides is 2. The summed E-state index contributed by atoms with van der Waals surface area (Å²) >= 11 is 4.39. The second-order valence-electron chi connectivity index (χ2n) is 8.44. The van der Waals surface area contributed by atoms with Crippen LogP contribution in [-0.4, -0.2) is 63.6 Å². The van der Waals surface area contributed by atoms with Crippen LogP contribution in [0.15, 0.2) is 42.5 Å². The Hall–Kier alpha value is -2.75. The number of nitrogens with one attached hydrogen (secondary N) is 3. The summed E-state index contributed by atoms with van der Waals surface area (Å²) in [5, 5.41) is 9.05. The maximum Gasteiger partial charge on any atom is 0.251 e. The summed E-state index contributed by atoms with van der Waals surface area (Å²) in [5.74, 6) is 1.15. The van der Waals surface area contributed by atoms with Crippen LogP contribution in [0.1, 0.15) is 35.2 Å². The van der Waals surface area contributed by atoms with Gasteiger partial charge in [-0.15, -0.1) is 0 Å². The Morgan fingerprint density at radius 1 is 1.06 bits per heavy atom. The fraction of sp³-hybridized carbons (Fsp3) is 0.462. The molecule has 1 heterocycles. The Morgan fingerprint density at radius 2 is 1.89 bits per heavy atom. The topological polar surface area (TPSA) is 97.9 Å². The van der Waals surface area contributed by atoms with E-state index in [4.69, 9.17) is 14.2 Å². The number of anilines is 1. The van der Waals surface area contributed by atoms with Crippen molar-refractivity contribution in [2.24, 2.45) is 0 Å². The molecule has 9 heteroatoms. The number of carbonyl (C=O) groups is 2. The van der Waals surface area contributed by atoms with Crippen LogP contribution in [-0.2, 0) is 16.0 Å². The standard InChI is InChI=1S/C26H35N3O5S/c1-32-23-10-9-18(14-24(23)33-2)6-3-4-12-34-13-11-27-25(30)19-7-5-8-20(15-19)29-26(31)22-16-21(35)17-28-22/h5,7-10,14-15,21-22,28,35H,3-4,6,11-13,16-17H2,1-2H3,(H,27,30)(H,29,31)/t21-,22-/m0/s1. The molecule has 2 aromatic carbocycles. The minimum atomic E-state index is -0.258. The third-order valence-electron chi connectivity index (χ3n) is 5.80. The Morgan fingerprint density at radius 3 is 2.63 bits per heavy atom. The van der Waals surface area contributed by atoms with Gasteiger partial charge in [-0.05, 0) is 61.6 Å². The molecule has 0 radical (unpaired) electrons. The predicted octanol–water partition coefficient (Wildman–Crippen LogP) is 3.07. The van der Waals surface area contributed by atoms with Crippen LogP contribution in [0.25, 0.3) is 0 Å². The first kappa shape index (κ1) is 26.8. The lowest BCUT2D eigenvalue weighted by atomic mass is 10.1. The van der Waals surface area contributed by atoms with Gasteiger partial charge in [-0.1, -0.05) is 12.1 Å². The molecule has 8 nitrogen and oxygen atoms in total. The van der Waals surface area contributed by atoms with Crippen molar-refractivity contribution in [2.75, 3.05) is 45.8 Å². The highest BCUT2D eigenvalue weighted by molar-refractivity contribution is 7.81. The van der Waals surface area contributed by atoms with Gasteiger partial charge < -0.3 is 30.2 Å². The lowest BCUT2D eigenvalue weighted by Crippen LogP contribution is -2.35. The summed E-state index contributed by atoms with van der Waals surface area (Å²) in [6.45, 7) is 2.20. The molecule has 2 amide bonds. The Bertz CT molecular complexity index is 987. The fourth-order valence-corrected chi connectivity index (χ4v) is 4.21. The summed E-state index contributed by atoms with van der Waals surface area (Å²) in [5.41, 5.74) is 2.28. The molecule has 0 saturated carbocycles. The minimum Gasteiger partial charge on any atom is -0.493 e. The minimum absolute atomic E-state index is 0.112. The molecule has 0 aliphatic carbocycles. The molecule has 1 aliphatic rings. The molecule has 1 fully saturated rings. The van der Waals surface area contributed by atoms with Crippen molar-refractivity contribution >= 4 is 30.1 Å². The number of unbranched alkanes of at least 4 members (excludes halogenated alkanes) is 1. The monoisotopic (exact) mass is 501 g/mol. The Balaban J connectivity index is 1.30. The molecular formula is C26H35N3O5S. The smallest absolute Gasteiger partial charge is 0.251 e. The molecule has 35 heavy (non-hydrogen) atoms. The summed E-state index contributed by atoms with van der Waals surface area (Å²) in [7, 11) is 3.26. The van der Waals surface area contributed by atoms with E-state index in [2.05, 4.69) is 28.6 Å². The number of thiol groups is 1. The summed E-state index contributed by atoms with van der Waals surface area (Å²) in [6, 6.07) is 12.6. The second-order valence-corrected chi connectivity index (χ2v) is 9.17. The van der Waals surface area contributed by atoms with Gasteiger partial charge in [0.05, 0.1) is 26.9 Å². The van der Waals surface area contributed by atoms with E-state index in [9.17, 15) is 9.59 Å². The van der Waals surface area contributed by atoms with E-state index in [-0.39, 0.29) is 23.1 Å². The molecule has 0 spiro atoms. The van der Waals surface area contributed by atoms with Crippen molar-refractivity contribution in [3.63, 3.8) is 0 Å². The van der Waals surface area contributed by atoms with Gasteiger partial charge in [-0.2, -0.15) is 12.6 Å². The molecular weight excluding hydrogens is 466 g/mol. The number of carbonyl (C=O) groups excluding carboxylic acids is 2. The van der Waals surface area contributed by atoms with Crippen LogP contribution < -0.4 is 25.4 Å². The Kier molecular flexibility index (Phi) is 10.7. The van der Waals surface area contributed by atoms with E-state index in [1.807, 2.05) is 18.2 Å². The van der Waals surface area contributed by atoms with Crippen LogP contribution in [0.5, 0.6) is 11.5 Å². The van der Waals surface area contributed by atoms with Crippen molar-refractivity contribution in [2.45, 2.75) is 37.0 Å². The van der Waals surface area contributed by atoms with E-state index in [1.54, 1.807) is 38.5 Å². The number of benzene rings is 2. The molecule has 3 N–H and O–H groups in total. The highest BCUT2D eigenvalue weighted by Crippen LogP contribution is 2.28. The maximum atomic E-state index is 12.5. The normalized spacial score (nSPS) is 17.1. The number of rotatable bonds is 13. The lowest BCUT2D eigenvalue weighted by molar-refractivity contribution is -0.117. The van der Waals surface area contributed by atoms with Crippen LogP contribution in [0, 0.1) is 0 Å². The van der Waals surface area contributed by atoms with Gasteiger partial charge in [0.1, 0.15) is 0 Å². The molecule has 3 rings (SSSR count). The van der Waals surface area contributed by atoms with Gasteiger partial charge in [0.25, 0.3) is 5.91 Å². The second kappa shape index (κ2) is 14.0. The van der Waals surface area contributed by atoms with E-state index in [0.29, 0.717) is 44.0 Å². The molecule has 1 saturated heterocycles. The third kappa shape index (κ3) is 8.45. The highest BCUT2D eigenvalue weighted by atomic mass is 32.1. The zero-order valence-electron chi connectivity index (χ0n) is 20.3. The average Bonchev–Trinajstić information content (AvgIpc) is 3.32.